The molecule has 0 bridgehead atoms. The zero-order valence-electron chi connectivity index (χ0n) is 22.5. The van der Waals surface area contributed by atoms with Crippen molar-refractivity contribution in [1.29, 1.82) is 0 Å². The van der Waals surface area contributed by atoms with Crippen molar-refractivity contribution >= 4 is 23.9 Å². The maximum atomic E-state index is 11.9. The van der Waals surface area contributed by atoms with Gasteiger partial charge in [0.1, 0.15) is 18.1 Å². The number of phenols is 2. The number of carbonyl (C=O) groups is 1. The Kier molecular flexibility index (Phi) is 8.01. The molecule has 0 aliphatic heterocycles. The van der Waals surface area contributed by atoms with E-state index in [4.69, 9.17) is 0 Å². The summed E-state index contributed by atoms with van der Waals surface area (Å²) in [5.74, 6) is 0.293. The van der Waals surface area contributed by atoms with Crippen molar-refractivity contribution in [3.63, 3.8) is 0 Å². The lowest BCUT2D eigenvalue weighted by Gasteiger charge is -2.19. The minimum absolute atomic E-state index is 0.0556. The second-order valence-corrected chi connectivity index (χ2v) is 9.09. The SMILES string of the molecule is Cc1nnnn1N=Cc1ccc(O)c(C(=C2C=C(NC(=O)CO)C=CC2)c2cc(C=Nn3nnnc3C)ccc2O)c1. The van der Waals surface area contributed by atoms with Gasteiger partial charge < -0.3 is 20.6 Å². The largest absolute Gasteiger partial charge is 0.507 e. The molecule has 15 heteroatoms. The number of aliphatic hydroxyl groups excluding tert-OH is 1. The summed E-state index contributed by atoms with van der Waals surface area (Å²) >= 11 is 0. The first-order valence-corrected chi connectivity index (χ1v) is 12.6. The van der Waals surface area contributed by atoms with Crippen molar-refractivity contribution in [2.75, 3.05) is 6.61 Å². The van der Waals surface area contributed by atoms with Crippen LogP contribution in [-0.2, 0) is 4.79 Å². The van der Waals surface area contributed by atoms with Gasteiger partial charge in [0.05, 0.1) is 12.4 Å². The van der Waals surface area contributed by atoms with Crippen LogP contribution >= 0.6 is 0 Å². The molecule has 212 valence electrons. The molecule has 4 aromatic rings. The molecule has 0 atom stereocenters. The normalized spacial score (nSPS) is 13.2. The van der Waals surface area contributed by atoms with Crippen molar-refractivity contribution in [1.82, 2.24) is 45.9 Å². The molecule has 0 radical (unpaired) electrons. The second kappa shape index (κ2) is 12.1. The Morgan fingerprint density at radius 3 is 1.95 bits per heavy atom. The number of nitrogens with zero attached hydrogens (tertiary/aromatic N) is 10. The van der Waals surface area contributed by atoms with Crippen molar-refractivity contribution in [2.24, 2.45) is 10.2 Å². The van der Waals surface area contributed by atoms with Crippen molar-refractivity contribution in [3.05, 3.63) is 99.8 Å². The first kappa shape index (κ1) is 27.7. The molecule has 1 amide bonds. The van der Waals surface area contributed by atoms with Crippen LogP contribution in [0.2, 0.25) is 0 Å². The number of aryl methyl sites for hydroxylation is 2. The third-order valence-electron chi connectivity index (χ3n) is 6.13. The molecule has 42 heavy (non-hydrogen) atoms. The minimum Gasteiger partial charge on any atom is -0.507 e. The van der Waals surface area contributed by atoms with Crippen molar-refractivity contribution in [2.45, 2.75) is 20.3 Å². The molecule has 0 saturated carbocycles. The monoisotopic (exact) mass is 567 g/mol. The lowest BCUT2D eigenvalue weighted by atomic mass is 9.87. The van der Waals surface area contributed by atoms with E-state index in [1.54, 1.807) is 50.3 Å². The number of allylic oxidation sites excluding steroid dienone is 4. The zero-order chi connectivity index (χ0) is 29.6. The maximum absolute atomic E-state index is 11.9. The fourth-order valence-electron chi connectivity index (χ4n) is 4.13. The highest BCUT2D eigenvalue weighted by molar-refractivity contribution is 5.93. The number of benzene rings is 2. The number of nitrogens with one attached hydrogen (secondary N) is 1. The van der Waals surface area contributed by atoms with Gasteiger partial charge in [-0.05, 0) is 112 Å². The Bertz CT molecular complexity index is 1700. The van der Waals surface area contributed by atoms with Crippen LogP contribution in [0.1, 0.15) is 40.3 Å². The van der Waals surface area contributed by atoms with Gasteiger partial charge in [-0.2, -0.15) is 10.2 Å². The van der Waals surface area contributed by atoms with Gasteiger partial charge in [-0.3, -0.25) is 4.79 Å². The number of aliphatic hydroxyl groups is 1. The molecule has 1 aliphatic rings. The number of hydrogen-bond acceptors (Lipinski definition) is 12. The zero-order valence-corrected chi connectivity index (χ0v) is 22.5. The van der Waals surface area contributed by atoms with Crippen LogP contribution in [-0.4, -0.2) is 80.9 Å². The first-order valence-electron chi connectivity index (χ1n) is 12.6. The third kappa shape index (κ3) is 6.15. The van der Waals surface area contributed by atoms with Crippen LogP contribution in [0.4, 0.5) is 0 Å². The van der Waals surface area contributed by atoms with Gasteiger partial charge in [0, 0.05) is 16.8 Å². The Hall–Kier alpha value is -5.83. The number of tetrazole rings is 2. The highest BCUT2D eigenvalue weighted by atomic mass is 16.3. The fraction of sp³-hybridized carbons (Fsp3) is 0.148. The molecular weight excluding hydrogens is 542 g/mol. The summed E-state index contributed by atoms with van der Waals surface area (Å²) < 4.78 is 0. The number of carbonyl (C=O) groups excluding carboxylic acids is 1. The quantitative estimate of drug-likeness (QED) is 0.224. The molecule has 0 fully saturated rings. The standard InChI is InChI=1S/C27H25N11O4/c1-16-31-33-35-37(16)28-13-18-6-8-24(40)22(10-18)27(20-4-3-5-21(12-20)30-26(42)15-39)23-11-19(7-9-25(23)41)14-29-38-17(2)32-34-36-38/h3,5-14,39-41H,4,15H2,1-2H3,(H,30,42). The molecule has 5 rings (SSSR count). The second-order valence-electron chi connectivity index (χ2n) is 9.09. The smallest absolute Gasteiger partial charge is 0.250 e. The average Bonchev–Trinajstić information content (AvgIpc) is 3.60. The lowest BCUT2D eigenvalue weighted by molar-refractivity contribution is -0.123. The highest BCUT2D eigenvalue weighted by Gasteiger charge is 2.20. The number of aromatic hydroxyl groups is 2. The van der Waals surface area contributed by atoms with Gasteiger partial charge in [-0.15, -0.1) is 19.8 Å². The van der Waals surface area contributed by atoms with Gasteiger partial charge in [-0.25, -0.2) is 0 Å². The summed E-state index contributed by atoms with van der Waals surface area (Å²) in [6.45, 7) is 2.74. The Labute approximate surface area is 238 Å². The lowest BCUT2D eigenvalue weighted by Crippen LogP contribution is -2.25. The van der Waals surface area contributed by atoms with E-state index in [0.29, 0.717) is 57.2 Å². The van der Waals surface area contributed by atoms with E-state index in [1.165, 1.54) is 34.1 Å². The molecule has 0 saturated heterocycles. The van der Waals surface area contributed by atoms with Crippen LogP contribution in [0, 0.1) is 13.8 Å². The third-order valence-corrected chi connectivity index (χ3v) is 6.13. The maximum Gasteiger partial charge on any atom is 0.250 e. The molecule has 2 heterocycles. The number of hydrogen-bond donors (Lipinski definition) is 4. The van der Waals surface area contributed by atoms with E-state index in [2.05, 4.69) is 46.6 Å². The highest BCUT2D eigenvalue weighted by Crippen LogP contribution is 2.40. The fourth-order valence-corrected chi connectivity index (χ4v) is 4.13. The summed E-state index contributed by atoms with van der Waals surface area (Å²) in [4.78, 5) is 14.4. The average molecular weight is 568 g/mol. The minimum atomic E-state index is -0.678. The van der Waals surface area contributed by atoms with Gasteiger partial charge in [-0.1, -0.05) is 6.08 Å². The van der Waals surface area contributed by atoms with E-state index in [1.807, 2.05) is 6.08 Å². The number of rotatable bonds is 8. The summed E-state index contributed by atoms with van der Waals surface area (Å²) in [7, 11) is 0. The van der Waals surface area contributed by atoms with Crippen LogP contribution in [0.15, 0.2) is 76.1 Å². The van der Waals surface area contributed by atoms with Crippen LogP contribution < -0.4 is 5.32 Å². The molecule has 0 unspecified atom stereocenters. The van der Waals surface area contributed by atoms with Crippen molar-refractivity contribution in [3.8, 4) is 11.5 Å². The summed E-state index contributed by atoms with van der Waals surface area (Å²) in [5, 5.41) is 64.9. The predicted molar refractivity (Wildman–Crippen MR) is 150 cm³/mol. The van der Waals surface area contributed by atoms with Crippen LogP contribution in [0.25, 0.3) is 5.57 Å². The summed E-state index contributed by atoms with van der Waals surface area (Å²) in [5.41, 5.74) is 3.62. The number of phenolic OH excluding ortho intramolecular Hbond substituents is 2. The molecule has 1 aliphatic carbocycles. The van der Waals surface area contributed by atoms with Crippen LogP contribution in [0.3, 0.4) is 0 Å². The number of aromatic nitrogens is 8. The molecule has 0 spiro atoms. The van der Waals surface area contributed by atoms with E-state index in [0.717, 1.165) is 0 Å². The van der Waals surface area contributed by atoms with Gasteiger partial charge in [0.15, 0.2) is 11.6 Å². The topological polar surface area (TPSA) is 202 Å². The van der Waals surface area contributed by atoms with E-state index in [9.17, 15) is 20.1 Å². The summed E-state index contributed by atoms with van der Waals surface area (Å²) in [6, 6.07) is 9.80. The van der Waals surface area contributed by atoms with Gasteiger partial charge >= 0.3 is 0 Å². The Balaban J connectivity index is 1.65. The van der Waals surface area contributed by atoms with E-state index >= 15 is 0 Å². The van der Waals surface area contributed by atoms with E-state index < -0.39 is 12.5 Å². The van der Waals surface area contributed by atoms with Gasteiger partial charge in [0.2, 0.25) is 5.91 Å². The Morgan fingerprint density at radius 1 is 0.929 bits per heavy atom. The molecular formula is C27H25N11O4. The van der Waals surface area contributed by atoms with Gasteiger partial charge in [0.25, 0.3) is 0 Å². The molecule has 2 aromatic heterocycles. The van der Waals surface area contributed by atoms with E-state index in [-0.39, 0.29) is 11.5 Å². The number of amides is 1. The predicted octanol–water partition coefficient (Wildman–Crippen LogP) is 1.21. The summed E-state index contributed by atoms with van der Waals surface area (Å²) in [6.07, 6.45) is 8.75. The molecule has 15 nitrogen and oxygen atoms in total. The van der Waals surface area contributed by atoms with Crippen molar-refractivity contribution < 1.29 is 20.1 Å². The molecule has 4 N–H and O–H groups in total. The molecule has 2 aromatic carbocycles. The first-order chi connectivity index (χ1) is 20.3. The Morgan fingerprint density at radius 2 is 1.48 bits per heavy atom. The van der Waals surface area contributed by atoms with Crippen LogP contribution in [0.5, 0.6) is 11.5 Å².